The summed E-state index contributed by atoms with van der Waals surface area (Å²) >= 11 is 0. The smallest absolute Gasteiger partial charge is 0.159 e. The molecule has 1 unspecified atom stereocenters. The number of carbonyl (C=O) groups is 1. The van der Waals surface area contributed by atoms with E-state index >= 15 is 0 Å². The van der Waals surface area contributed by atoms with E-state index in [1.54, 1.807) is 0 Å². The van der Waals surface area contributed by atoms with Crippen molar-refractivity contribution in [3.63, 3.8) is 0 Å². The molecule has 2 aromatic carbocycles. The van der Waals surface area contributed by atoms with E-state index in [1.807, 2.05) is 54.6 Å². The highest BCUT2D eigenvalue weighted by atomic mass is 16.5. The van der Waals surface area contributed by atoms with Crippen LogP contribution in [0, 0.1) is 0 Å². The molecular formula is C18H16O3. The van der Waals surface area contributed by atoms with Gasteiger partial charge in [-0.2, -0.15) is 0 Å². The Hall–Kier alpha value is -2.55. The molecule has 1 aliphatic rings. The van der Waals surface area contributed by atoms with Crippen LogP contribution in [0.2, 0.25) is 0 Å². The van der Waals surface area contributed by atoms with Crippen LogP contribution in [0.5, 0.6) is 11.5 Å². The molecular weight excluding hydrogens is 264 g/mol. The lowest BCUT2D eigenvalue weighted by Crippen LogP contribution is -2.12. The summed E-state index contributed by atoms with van der Waals surface area (Å²) in [5.74, 6) is 1.50. The van der Waals surface area contributed by atoms with Gasteiger partial charge in [-0.1, -0.05) is 30.3 Å². The number of hydrogen-bond donors (Lipinski definition) is 1. The molecule has 0 amide bonds. The molecule has 0 heterocycles. The van der Waals surface area contributed by atoms with Crippen molar-refractivity contribution < 1.29 is 14.6 Å². The van der Waals surface area contributed by atoms with Crippen LogP contribution >= 0.6 is 0 Å². The third kappa shape index (κ3) is 3.14. The standard InChI is InChI=1S/C18H16O3/c19-14-9-10-17(18(20)12-14)13-5-4-8-16(11-13)21-15-6-2-1-3-7-15/h1-8,11-12,17,20H,9-10H2. The van der Waals surface area contributed by atoms with Crippen LogP contribution in [0.3, 0.4) is 0 Å². The number of carbonyl (C=O) groups excluding carboxylic acids is 1. The van der Waals surface area contributed by atoms with E-state index in [0.29, 0.717) is 12.8 Å². The number of hydrogen-bond acceptors (Lipinski definition) is 3. The Balaban J connectivity index is 1.83. The fraction of sp³-hybridized carbons (Fsp3) is 0.167. The lowest BCUT2D eigenvalue weighted by atomic mass is 9.87. The Kier molecular flexibility index (Phi) is 3.73. The summed E-state index contributed by atoms with van der Waals surface area (Å²) in [5, 5.41) is 9.97. The van der Waals surface area contributed by atoms with Crippen LogP contribution in [-0.2, 0) is 4.79 Å². The van der Waals surface area contributed by atoms with Gasteiger partial charge in [0.15, 0.2) is 5.78 Å². The van der Waals surface area contributed by atoms with E-state index in [1.165, 1.54) is 6.08 Å². The Bertz CT molecular complexity index is 674. The van der Waals surface area contributed by atoms with Gasteiger partial charge in [-0.15, -0.1) is 0 Å². The fourth-order valence-electron chi connectivity index (χ4n) is 2.53. The molecule has 3 nitrogen and oxygen atoms in total. The van der Waals surface area contributed by atoms with Gasteiger partial charge < -0.3 is 9.84 Å². The minimum Gasteiger partial charge on any atom is -0.512 e. The summed E-state index contributed by atoms with van der Waals surface area (Å²) < 4.78 is 5.80. The van der Waals surface area contributed by atoms with Crippen molar-refractivity contribution in [2.24, 2.45) is 0 Å². The van der Waals surface area contributed by atoms with Crippen LogP contribution in [0.1, 0.15) is 24.3 Å². The third-order valence-corrected chi connectivity index (χ3v) is 3.58. The van der Waals surface area contributed by atoms with Gasteiger partial charge in [0.05, 0.1) is 0 Å². The zero-order valence-corrected chi connectivity index (χ0v) is 11.5. The Morgan fingerprint density at radius 2 is 1.76 bits per heavy atom. The highest BCUT2D eigenvalue weighted by Gasteiger charge is 2.23. The average molecular weight is 280 g/mol. The molecule has 2 aromatic rings. The van der Waals surface area contributed by atoms with E-state index in [9.17, 15) is 9.90 Å². The van der Waals surface area contributed by atoms with Crippen LogP contribution < -0.4 is 4.74 Å². The van der Waals surface area contributed by atoms with Gasteiger partial charge in [-0.05, 0) is 36.2 Å². The number of benzene rings is 2. The molecule has 0 aliphatic heterocycles. The third-order valence-electron chi connectivity index (χ3n) is 3.58. The molecule has 0 saturated heterocycles. The maximum absolute atomic E-state index is 11.3. The minimum absolute atomic E-state index is 0.0135. The zero-order valence-electron chi connectivity index (χ0n) is 11.5. The van der Waals surface area contributed by atoms with Gasteiger partial charge in [-0.3, -0.25) is 4.79 Å². The average Bonchev–Trinajstić information content (AvgIpc) is 2.48. The van der Waals surface area contributed by atoms with Crippen molar-refractivity contribution in [1.82, 2.24) is 0 Å². The molecule has 3 rings (SSSR count). The quantitative estimate of drug-likeness (QED) is 0.908. The first-order valence-electron chi connectivity index (χ1n) is 6.98. The summed E-state index contributed by atoms with van der Waals surface area (Å²) in [4.78, 5) is 11.3. The second-order valence-corrected chi connectivity index (χ2v) is 5.11. The lowest BCUT2D eigenvalue weighted by Gasteiger charge is -2.20. The van der Waals surface area contributed by atoms with Crippen LogP contribution in [0.4, 0.5) is 0 Å². The maximum Gasteiger partial charge on any atom is 0.159 e. The molecule has 0 fully saturated rings. The van der Waals surface area contributed by atoms with Crippen LogP contribution in [0.25, 0.3) is 0 Å². The molecule has 106 valence electrons. The number of rotatable bonds is 3. The summed E-state index contributed by atoms with van der Waals surface area (Å²) in [6.45, 7) is 0. The second kappa shape index (κ2) is 5.83. The number of allylic oxidation sites excluding steroid dienone is 2. The predicted molar refractivity (Wildman–Crippen MR) is 80.7 cm³/mol. The van der Waals surface area contributed by atoms with Crippen molar-refractivity contribution in [2.75, 3.05) is 0 Å². The van der Waals surface area contributed by atoms with Crippen molar-refractivity contribution in [3.8, 4) is 11.5 Å². The van der Waals surface area contributed by atoms with E-state index in [4.69, 9.17) is 4.74 Å². The van der Waals surface area contributed by atoms with E-state index < -0.39 is 0 Å². The van der Waals surface area contributed by atoms with Gasteiger partial charge in [0, 0.05) is 18.4 Å². The molecule has 0 spiro atoms. The van der Waals surface area contributed by atoms with Gasteiger partial charge in [0.25, 0.3) is 0 Å². The van der Waals surface area contributed by atoms with Crippen molar-refractivity contribution >= 4 is 5.78 Å². The molecule has 3 heteroatoms. The molecule has 0 aromatic heterocycles. The summed E-state index contributed by atoms with van der Waals surface area (Å²) in [5.41, 5.74) is 0.963. The van der Waals surface area contributed by atoms with E-state index in [0.717, 1.165) is 17.1 Å². The van der Waals surface area contributed by atoms with Gasteiger partial charge in [0.1, 0.15) is 17.3 Å². The molecule has 1 aliphatic carbocycles. The van der Waals surface area contributed by atoms with Crippen LogP contribution in [-0.4, -0.2) is 10.9 Å². The van der Waals surface area contributed by atoms with E-state index in [2.05, 4.69) is 0 Å². The molecule has 1 atom stereocenters. The summed E-state index contributed by atoms with van der Waals surface area (Å²) in [6, 6.07) is 17.2. The predicted octanol–water partition coefficient (Wildman–Crippen LogP) is 4.37. The molecule has 0 bridgehead atoms. The van der Waals surface area contributed by atoms with Crippen LogP contribution in [0.15, 0.2) is 66.4 Å². The minimum atomic E-state index is -0.123. The Morgan fingerprint density at radius 3 is 2.52 bits per heavy atom. The van der Waals surface area contributed by atoms with Gasteiger partial charge >= 0.3 is 0 Å². The highest BCUT2D eigenvalue weighted by Crippen LogP contribution is 2.33. The topological polar surface area (TPSA) is 46.5 Å². The van der Waals surface area contributed by atoms with Gasteiger partial charge in [-0.25, -0.2) is 0 Å². The number of aliphatic hydroxyl groups is 1. The molecule has 0 radical (unpaired) electrons. The maximum atomic E-state index is 11.3. The van der Waals surface area contributed by atoms with Crippen molar-refractivity contribution in [1.29, 1.82) is 0 Å². The normalized spacial score (nSPS) is 18.2. The SMILES string of the molecule is O=C1C=C(O)C(c2cccc(Oc3ccccc3)c2)CC1. The largest absolute Gasteiger partial charge is 0.512 e. The number of para-hydroxylation sites is 1. The first-order chi connectivity index (χ1) is 10.2. The molecule has 1 N–H and O–H groups in total. The Labute approximate surface area is 123 Å². The highest BCUT2D eigenvalue weighted by molar-refractivity contribution is 5.91. The fourth-order valence-corrected chi connectivity index (χ4v) is 2.53. The number of ketones is 1. The van der Waals surface area contributed by atoms with Crippen molar-refractivity contribution in [3.05, 3.63) is 72.0 Å². The van der Waals surface area contributed by atoms with Crippen molar-refractivity contribution in [2.45, 2.75) is 18.8 Å². The molecule has 0 saturated carbocycles. The van der Waals surface area contributed by atoms with Gasteiger partial charge in [0.2, 0.25) is 0 Å². The lowest BCUT2D eigenvalue weighted by molar-refractivity contribution is -0.115. The van der Waals surface area contributed by atoms with E-state index in [-0.39, 0.29) is 17.5 Å². The second-order valence-electron chi connectivity index (χ2n) is 5.11. The monoisotopic (exact) mass is 280 g/mol. The first-order valence-corrected chi connectivity index (χ1v) is 6.98. The zero-order chi connectivity index (χ0) is 14.7. The Morgan fingerprint density at radius 1 is 1.00 bits per heavy atom. The first kappa shape index (κ1) is 13.4. The number of aliphatic hydroxyl groups excluding tert-OH is 1. The summed E-state index contributed by atoms with van der Waals surface area (Å²) in [7, 11) is 0. The summed E-state index contributed by atoms with van der Waals surface area (Å²) in [6.07, 6.45) is 2.44. The number of ether oxygens (including phenoxy) is 1. The molecule has 21 heavy (non-hydrogen) atoms.